The fraction of sp³-hybridized carbons (Fsp3) is 0. The van der Waals surface area contributed by atoms with Crippen LogP contribution in [0.3, 0.4) is 0 Å². The molecule has 0 aliphatic carbocycles. The minimum absolute atomic E-state index is 0. The Morgan fingerprint density at radius 3 is 1.32 bits per heavy atom. The second-order valence-corrected chi connectivity index (χ2v) is 3.12. The van der Waals surface area contributed by atoms with E-state index < -0.39 is 34.6 Å². The van der Waals surface area contributed by atoms with Crippen LogP contribution in [0.25, 0.3) is 11.1 Å². The second kappa shape index (κ2) is 8.08. The van der Waals surface area contributed by atoms with Gasteiger partial charge < -0.3 is 24.8 Å². The summed E-state index contributed by atoms with van der Waals surface area (Å²) in [5, 5.41) is 0. The standard InChI is InChI=1S/C11H4F5.2ClH.Zr/c12-7-6(5-3-1-2-4-5)8(13)10(15)11(16)9(7)14;;;/h1-4H;2*1H;/q-1;;;+3/p-2. The molecule has 0 saturated heterocycles. The van der Waals surface area contributed by atoms with Crippen molar-refractivity contribution >= 4 is 0 Å². The van der Waals surface area contributed by atoms with E-state index in [1.165, 1.54) is 24.3 Å². The normalized spacial score (nSPS) is 9.11. The summed E-state index contributed by atoms with van der Waals surface area (Å²) in [6.45, 7) is 0. The molecule has 2 aromatic rings. The molecular weight excluding hydrogens is 389 g/mol. The first-order valence-corrected chi connectivity index (χ1v) is 4.27. The van der Waals surface area contributed by atoms with Gasteiger partial charge in [0.05, 0.1) is 0 Å². The maximum Gasteiger partial charge on any atom is 3.00 e. The van der Waals surface area contributed by atoms with Gasteiger partial charge >= 0.3 is 26.2 Å². The maximum atomic E-state index is 13.2. The van der Waals surface area contributed by atoms with Crippen LogP contribution < -0.4 is 24.8 Å². The fourth-order valence-corrected chi connectivity index (χ4v) is 1.40. The second-order valence-electron chi connectivity index (χ2n) is 3.12. The van der Waals surface area contributed by atoms with Crippen LogP contribution in [-0.4, -0.2) is 0 Å². The Morgan fingerprint density at radius 1 is 0.632 bits per heavy atom. The zero-order valence-electron chi connectivity index (χ0n) is 8.96. The van der Waals surface area contributed by atoms with E-state index in [-0.39, 0.29) is 56.6 Å². The SMILES string of the molecule is Fc1c(F)c(F)c(-[c-]2cccc2)c(F)c1F.[Cl-].[Cl-].[Zr+3]. The first kappa shape index (κ1) is 21.0. The molecule has 0 aromatic heterocycles. The molecule has 0 unspecified atom stereocenters. The summed E-state index contributed by atoms with van der Waals surface area (Å²) in [6.07, 6.45) is 0. The smallest absolute Gasteiger partial charge is 1.00 e. The zero-order valence-corrected chi connectivity index (χ0v) is 12.9. The summed E-state index contributed by atoms with van der Waals surface area (Å²) in [5.41, 5.74) is -0.950. The summed E-state index contributed by atoms with van der Waals surface area (Å²) in [6, 6.07) is 5.40. The van der Waals surface area contributed by atoms with Gasteiger partial charge in [-0.3, -0.25) is 0 Å². The molecule has 0 fully saturated rings. The molecule has 0 aliphatic rings. The van der Waals surface area contributed by atoms with Crippen LogP contribution in [0.5, 0.6) is 0 Å². The van der Waals surface area contributed by atoms with Crippen molar-refractivity contribution in [2.75, 3.05) is 0 Å². The van der Waals surface area contributed by atoms with Crippen LogP contribution in [0.15, 0.2) is 24.3 Å². The van der Waals surface area contributed by atoms with Crippen LogP contribution in [0.1, 0.15) is 0 Å². The molecule has 2 aromatic carbocycles. The number of hydrogen-bond donors (Lipinski definition) is 0. The monoisotopic (exact) mass is 391 g/mol. The Hall–Kier alpha value is -0.317. The van der Waals surface area contributed by atoms with Crippen LogP contribution in [0.2, 0.25) is 0 Å². The van der Waals surface area contributed by atoms with Crippen molar-refractivity contribution in [2.45, 2.75) is 0 Å². The number of rotatable bonds is 1. The molecule has 0 N–H and O–H groups in total. The average Bonchev–Trinajstić information content (AvgIpc) is 2.77. The van der Waals surface area contributed by atoms with E-state index in [0.29, 0.717) is 0 Å². The first-order valence-electron chi connectivity index (χ1n) is 4.27. The molecule has 0 saturated carbocycles. The molecule has 0 heterocycles. The van der Waals surface area contributed by atoms with E-state index in [9.17, 15) is 22.0 Å². The predicted molar refractivity (Wildman–Crippen MR) is 47.3 cm³/mol. The largest absolute Gasteiger partial charge is 3.00 e. The van der Waals surface area contributed by atoms with E-state index in [1.54, 1.807) is 0 Å². The molecule has 2 rings (SSSR count). The molecule has 0 bridgehead atoms. The van der Waals surface area contributed by atoms with Gasteiger partial charge in [0, 0.05) is 0 Å². The van der Waals surface area contributed by atoms with Gasteiger partial charge in [0.2, 0.25) is 0 Å². The quantitative estimate of drug-likeness (QED) is 0.223. The van der Waals surface area contributed by atoms with Gasteiger partial charge in [-0.05, 0) is 5.56 Å². The number of halogens is 7. The van der Waals surface area contributed by atoms with Crippen molar-refractivity contribution in [3.05, 3.63) is 53.4 Å². The molecule has 0 amide bonds. The maximum absolute atomic E-state index is 13.2. The molecule has 0 aliphatic heterocycles. The van der Waals surface area contributed by atoms with Crippen LogP contribution in [-0.2, 0) is 26.2 Å². The van der Waals surface area contributed by atoms with Gasteiger partial charge in [0.25, 0.3) is 0 Å². The minimum Gasteiger partial charge on any atom is -1.00 e. The Labute approximate surface area is 137 Å². The molecule has 1 radical (unpaired) electrons. The predicted octanol–water partition coefficient (Wildman–Crippen LogP) is -2.23. The number of benzene rings is 1. The van der Waals surface area contributed by atoms with Crippen molar-refractivity contribution < 1.29 is 73.0 Å². The van der Waals surface area contributed by atoms with E-state index in [4.69, 9.17) is 0 Å². The van der Waals surface area contributed by atoms with Crippen LogP contribution in [0, 0.1) is 29.1 Å². The Morgan fingerprint density at radius 2 is 0.947 bits per heavy atom. The van der Waals surface area contributed by atoms with E-state index >= 15 is 0 Å². The topological polar surface area (TPSA) is 0 Å². The van der Waals surface area contributed by atoms with Crippen molar-refractivity contribution in [1.82, 2.24) is 0 Å². The molecule has 0 nitrogen and oxygen atoms in total. The third-order valence-corrected chi connectivity index (χ3v) is 2.16. The van der Waals surface area contributed by atoms with Crippen molar-refractivity contribution in [3.8, 4) is 11.1 Å². The van der Waals surface area contributed by atoms with Crippen molar-refractivity contribution in [2.24, 2.45) is 0 Å². The minimum atomic E-state index is -2.15. The van der Waals surface area contributed by atoms with Gasteiger partial charge in [-0.1, -0.05) is 5.56 Å². The molecule has 8 heteroatoms. The third-order valence-electron chi connectivity index (χ3n) is 2.16. The first-order chi connectivity index (χ1) is 7.54. The molecular formula is C11H4Cl2F5Zr. The fourth-order valence-electron chi connectivity index (χ4n) is 1.40. The summed E-state index contributed by atoms with van der Waals surface area (Å²) in [5.74, 6) is -9.65. The van der Waals surface area contributed by atoms with Crippen LogP contribution in [0.4, 0.5) is 22.0 Å². The van der Waals surface area contributed by atoms with E-state index in [0.717, 1.165) is 0 Å². The average molecular weight is 393 g/mol. The summed E-state index contributed by atoms with van der Waals surface area (Å²) in [4.78, 5) is 0. The summed E-state index contributed by atoms with van der Waals surface area (Å²) >= 11 is 0. The Kier molecular flexibility index (Phi) is 8.92. The molecule has 0 atom stereocenters. The summed E-state index contributed by atoms with van der Waals surface area (Å²) in [7, 11) is 0. The molecule has 0 spiro atoms. The van der Waals surface area contributed by atoms with Gasteiger partial charge in [-0.2, -0.15) is 12.1 Å². The zero-order chi connectivity index (χ0) is 11.9. The van der Waals surface area contributed by atoms with Gasteiger partial charge in [-0.25, -0.2) is 22.0 Å². The molecule has 19 heavy (non-hydrogen) atoms. The van der Waals surface area contributed by atoms with Crippen molar-refractivity contribution in [3.63, 3.8) is 0 Å². The van der Waals surface area contributed by atoms with Gasteiger partial charge in [0.15, 0.2) is 17.5 Å². The number of hydrogen-bond acceptors (Lipinski definition) is 0. The Balaban J connectivity index is 0. The van der Waals surface area contributed by atoms with Crippen LogP contribution >= 0.6 is 0 Å². The van der Waals surface area contributed by atoms with E-state index in [2.05, 4.69) is 0 Å². The third kappa shape index (κ3) is 3.62. The van der Waals surface area contributed by atoms with E-state index in [1.807, 2.05) is 0 Å². The van der Waals surface area contributed by atoms with Gasteiger partial charge in [0.1, 0.15) is 11.6 Å². The molecule has 101 valence electrons. The summed E-state index contributed by atoms with van der Waals surface area (Å²) < 4.78 is 64.9. The van der Waals surface area contributed by atoms with Gasteiger partial charge in [-0.15, -0.1) is 12.1 Å². The Bertz CT molecular complexity index is 514. The van der Waals surface area contributed by atoms with Crippen molar-refractivity contribution in [1.29, 1.82) is 0 Å².